The summed E-state index contributed by atoms with van der Waals surface area (Å²) < 4.78 is 21.3. The molecule has 0 spiro atoms. The van der Waals surface area contributed by atoms with Crippen LogP contribution in [0.2, 0.25) is 0 Å². The predicted molar refractivity (Wildman–Crippen MR) is 94.7 cm³/mol. The fourth-order valence-corrected chi connectivity index (χ4v) is 3.69. The molecule has 0 saturated carbocycles. The minimum atomic E-state index is -1.27. The smallest absolute Gasteiger partial charge is 0.303 e. The van der Waals surface area contributed by atoms with Gasteiger partial charge in [0.05, 0.1) is 0 Å². The molecule has 1 heterocycles. The summed E-state index contributed by atoms with van der Waals surface area (Å²) in [6.45, 7) is 3.39. The van der Waals surface area contributed by atoms with Crippen molar-refractivity contribution in [2.75, 3.05) is 6.61 Å². The summed E-state index contributed by atoms with van der Waals surface area (Å²) in [4.78, 5) is 35.0. The van der Waals surface area contributed by atoms with E-state index < -0.39 is 47.8 Å². The lowest BCUT2D eigenvalue weighted by Gasteiger charge is -2.42. The lowest BCUT2D eigenvalue weighted by Crippen LogP contribution is -2.60. The highest BCUT2D eigenvalue weighted by Crippen LogP contribution is 2.35. The first-order valence-electron chi connectivity index (χ1n) is 8.31. The second-order valence-corrected chi connectivity index (χ2v) is 7.09. The summed E-state index contributed by atoms with van der Waals surface area (Å²) in [5.74, 6) is -1.83. The molecule has 0 amide bonds. The van der Waals surface area contributed by atoms with Crippen LogP contribution in [0.1, 0.15) is 20.8 Å². The van der Waals surface area contributed by atoms with Crippen LogP contribution in [-0.2, 0) is 33.3 Å². The van der Waals surface area contributed by atoms with E-state index in [0.29, 0.717) is 0 Å². The van der Waals surface area contributed by atoms with Crippen molar-refractivity contribution in [2.24, 2.45) is 0 Å². The Labute approximate surface area is 161 Å². The van der Waals surface area contributed by atoms with E-state index >= 15 is 0 Å². The van der Waals surface area contributed by atoms with Gasteiger partial charge in [0.1, 0.15) is 24.3 Å². The zero-order valence-corrected chi connectivity index (χ0v) is 16.0. The third kappa shape index (κ3) is 6.23. The lowest BCUT2D eigenvalue weighted by molar-refractivity contribution is -0.231. The topological polar surface area (TPSA) is 108 Å². The number of aliphatic hydroxyl groups is 1. The van der Waals surface area contributed by atoms with Crippen molar-refractivity contribution in [1.29, 1.82) is 0 Å². The largest absolute Gasteiger partial charge is 0.463 e. The van der Waals surface area contributed by atoms with Crippen LogP contribution in [0, 0.1) is 0 Å². The molecule has 2 unspecified atom stereocenters. The summed E-state index contributed by atoms with van der Waals surface area (Å²) in [5, 5.41) is 10.7. The van der Waals surface area contributed by atoms with Gasteiger partial charge in [0.25, 0.3) is 0 Å². The molecule has 1 aromatic rings. The molecule has 148 valence electrons. The number of hydrogen-bond donors (Lipinski definition) is 1. The van der Waals surface area contributed by atoms with Crippen molar-refractivity contribution in [2.45, 2.75) is 55.5 Å². The maximum absolute atomic E-state index is 11.5. The maximum atomic E-state index is 11.5. The quantitative estimate of drug-likeness (QED) is 0.560. The van der Waals surface area contributed by atoms with Gasteiger partial charge in [-0.05, 0) is 12.1 Å². The fraction of sp³-hybridized carbons (Fsp3) is 0.500. The predicted octanol–water partition coefficient (Wildman–Crippen LogP) is 1.29. The molecule has 1 fully saturated rings. The molecule has 2 rings (SSSR count). The Hall–Kier alpha value is -2.10. The van der Waals surface area contributed by atoms with Crippen LogP contribution in [0.15, 0.2) is 35.2 Å². The average Bonchev–Trinajstić information content (AvgIpc) is 2.59. The Morgan fingerprint density at radius 1 is 1.00 bits per heavy atom. The number of carbonyl (C=O) groups is 3. The van der Waals surface area contributed by atoms with Gasteiger partial charge in [-0.25, -0.2) is 0 Å². The Balaban J connectivity index is 2.27. The van der Waals surface area contributed by atoms with Gasteiger partial charge in [-0.1, -0.05) is 30.0 Å². The van der Waals surface area contributed by atoms with Crippen molar-refractivity contribution < 1.29 is 38.4 Å². The maximum Gasteiger partial charge on any atom is 0.303 e. The number of benzene rings is 1. The summed E-state index contributed by atoms with van der Waals surface area (Å²) in [6, 6.07) is 9.18. The molecule has 0 radical (unpaired) electrons. The minimum Gasteiger partial charge on any atom is -0.463 e. The van der Waals surface area contributed by atoms with E-state index in [4.69, 9.17) is 18.9 Å². The molecule has 8 nitrogen and oxygen atoms in total. The van der Waals surface area contributed by atoms with Crippen LogP contribution in [0.5, 0.6) is 0 Å². The molecule has 0 aliphatic carbocycles. The number of thioether (sulfide) groups is 1. The summed E-state index contributed by atoms with van der Waals surface area (Å²) in [6.07, 6.45) is -4.46. The van der Waals surface area contributed by atoms with Crippen molar-refractivity contribution in [3.63, 3.8) is 0 Å². The Bertz CT molecular complexity index is 665. The van der Waals surface area contributed by atoms with Gasteiger partial charge in [-0.15, -0.1) is 0 Å². The average molecular weight is 398 g/mol. The molecule has 1 aromatic carbocycles. The monoisotopic (exact) mass is 398 g/mol. The summed E-state index contributed by atoms with van der Waals surface area (Å²) >= 11 is 1.22. The van der Waals surface area contributed by atoms with Gasteiger partial charge in [0, 0.05) is 25.7 Å². The SMILES string of the molecule is CC(=O)OCC1O[C@@H](Sc2ccccc2)[C@@H](O)C(OC(C)=O)[C@@H]1OC(C)=O. The van der Waals surface area contributed by atoms with Crippen LogP contribution in [-0.4, -0.2) is 59.5 Å². The van der Waals surface area contributed by atoms with E-state index in [-0.39, 0.29) is 6.61 Å². The molecule has 9 heteroatoms. The number of carbonyl (C=O) groups excluding carboxylic acids is 3. The summed E-state index contributed by atoms with van der Waals surface area (Å²) in [7, 11) is 0. The van der Waals surface area contributed by atoms with Crippen LogP contribution < -0.4 is 0 Å². The first-order chi connectivity index (χ1) is 12.8. The number of aliphatic hydroxyl groups excluding tert-OH is 1. The number of ether oxygens (including phenoxy) is 4. The standard InChI is InChI=1S/C18H22O8S/c1-10(19)23-9-14-16(24-11(2)20)17(25-12(3)21)15(22)18(26-14)27-13-7-5-4-6-8-13/h4-8,14-18,22H,9H2,1-3H3/t14?,15-,16+,17?,18-/m0/s1. The highest BCUT2D eigenvalue weighted by Gasteiger charge is 2.50. The second kappa shape index (κ2) is 9.72. The highest BCUT2D eigenvalue weighted by atomic mass is 32.2. The third-order valence-electron chi connectivity index (χ3n) is 3.66. The van der Waals surface area contributed by atoms with E-state index in [2.05, 4.69) is 0 Å². The van der Waals surface area contributed by atoms with Gasteiger partial charge in [-0.2, -0.15) is 0 Å². The zero-order valence-electron chi connectivity index (χ0n) is 15.2. The van der Waals surface area contributed by atoms with E-state index in [1.807, 2.05) is 30.3 Å². The van der Waals surface area contributed by atoms with Crippen molar-refractivity contribution in [3.05, 3.63) is 30.3 Å². The molecule has 0 bridgehead atoms. The fourth-order valence-electron chi connectivity index (χ4n) is 2.62. The van der Waals surface area contributed by atoms with Crippen LogP contribution in [0.4, 0.5) is 0 Å². The number of rotatable bonds is 6. The van der Waals surface area contributed by atoms with E-state index in [1.165, 1.54) is 32.5 Å². The molecule has 1 aliphatic heterocycles. The van der Waals surface area contributed by atoms with Crippen LogP contribution >= 0.6 is 11.8 Å². The lowest BCUT2D eigenvalue weighted by atomic mass is 9.99. The van der Waals surface area contributed by atoms with Gasteiger partial charge in [0.2, 0.25) is 0 Å². The Kier molecular flexibility index (Phi) is 7.64. The highest BCUT2D eigenvalue weighted by molar-refractivity contribution is 7.99. The first-order valence-corrected chi connectivity index (χ1v) is 9.19. The second-order valence-electron chi connectivity index (χ2n) is 5.92. The van der Waals surface area contributed by atoms with Crippen molar-refractivity contribution >= 4 is 29.7 Å². The minimum absolute atomic E-state index is 0.219. The summed E-state index contributed by atoms with van der Waals surface area (Å²) in [5.41, 5.74) is -0.830. The third-order valence-corrected chi connectivity index (χ3v) is 4.83. The molecule has 1 saturated heterocycles. The van der Waals surface area contributed by atoms with Crippen LogP contribution in [0.3, 0.4) is 0 Å². The molecule has 27 heavy (non-hydrogen) atoms. The van der Waals surface area contributed by atoms with Crippen molar-refractivity contribution in [3.8, 4) is 0 Å². The Morgan fingerprint density at radius 2 is 1.59 bits per heavy atom. The van der Waals surface area contributed by atoms with Gasteiger partial charge in [0.15, 0.2) is 12.2 Å². The first kappa shape index (κ1) is 21.2. The normalized spacial score (nSPS) is 27.5. The van der Waals surface area contributed by atoms with E-state index in [9.17, 15) is 19.5 Å². The van der Waals surface area contributed by atoms with E-state index in [1.54, 1.807) is 0 Å². The Morgan fingerprint density at radius 3 is 2.15 bits per heavy atom. The van der Waals surface area contributed by atoms with Gasteiger partial charge >= 0.3 is 17.9 Å². The van der Waals surface area contributed by atoms with Crippen LogP contribution in [0.25, 0.3) is 0 Å². The molecule has 1 N–H and O–H groups in total. The molecular weight excluding hydrogens is 376 g/mol. The zero-order chi connectivity index (χ0) is 20.0. The molecule has 0 aromatic heterocycles. The van der Waals surface area contributed by atoms with E-state index in [0.717, 1.165) is 4.90 Å². The van der Waals surface area contributed by atoms with Gasteiger partial charge in [-0.3, -0.25) is 14.4 Å². The number of hydrogen-bond acceptors (Lipinski definition) is 9. The number of esters is 3. The molecular formula is C18H22O8S. The molecule has 5 atom stereocenters. The molecule has 1 aliphatic rings. The van der Waals surface area contributed by atoms with Gasteiger partial charge < -0.3 is 24.1 Å². The van der Waals surface area contributed by atoms with Crippen molar-refractivity contribution in [1.82, 2.24) is 0 Å².